The molecular formula is C17H30N2. The number of nitrogens with zero attached hydrogens (tertiary/aromatic N) is 1. The third-order valence-electron chi connectivity index (χ3n) is 3.83. The van der Waals surface area contributed by atoms with Gasteiger partial charge in [0.2, 0.25) is 0 Å². The Morgan fingerprint density at radius 1 is 1.16 bits per heavy atom. The predicted octanol–water partition coefficient (Wildman–Crippen LogP) is 3.62. The number of nitrogens with one attached hydrogen (secondary N) is 1. The molecule has 1 aromatic rings. The minimum absolute atomic E-state index is 0.431. The molecule has 0 saturated carbocycles. The van der Waals surface area contributed by atoms with E-state index in [2.05, 4.69) is 69.2 Å². The molecule has 0 saturated heterocycles. The van der Waals surface area contributed by atoms with E-state index in [9.17, 15) is 0 Å². The second-order valence-electron chi connectivity index (χ2n) is 5.70. The van der Waals surface area contributed by atoms with Gasteiger partial charge >= 0.3 is 0 Å². The second-order valence-corrected chi connectivity index (χ2v) is 5.70. The Balaban J connectivity index is 2.70. The second kappa shape index (κ2) is 8.34. The van der Waals surface area contributed by atoms with E-state index in [1.165, 1.54) is 24.1 Å². The Morgan fingerprint density at radius 3 is 2.42 bits per heavy atom. The van der Waals surface area contributed by atoms with Gasteiger partial charge in [-0.1, -0.05) is 51.5 Å². The Bertz CT molecular complexity index is 362. The minimum Gasteiger partial charge on any atom is -0.309 e. The van der Waals surface area contributed by atoms with Crippen molar-refractivity contribution < 1.29 is 0 Å². The van der Waals surface area contributed by atoms with Gasteiger partial charge in [-0.3, -0.25) is 0 Å². The van der Waals surface area contributed by atoms with Crippen molar-refractivity contribution in [2.75, 3.05) is 26.7 Å². The predicted molar refractivity (Wildman–Crippen MR) is 84.5 cm³/mol. The van der Waals surface area contributed by atoms with Crippen LogP contribution in [0.3, 0.4) is 0 Å². The highest BCUT2D eigenvalue weighted by Crippen LogP contribution is 2.18. The summed E-state index contributed by atoms with van der Waals surface area (Å²) in [5, 5.41) is 3.62. The molecular weight excluding hydrogens is 232 g/mol. The quantitative estimate of drug-likeness (QED) is 0.769. The molecule has 1 N–H and O–H groups in total. The first-order valence-corrected chi connectivity index (χ1v) is 7.55. The van der Waals surface area contributed by atoms with Crippen molar-refractivity contribution >= 4 is 0 Å². The fourth-order valence-corrected chi connectivity index (χ4v) is 2.54. The SMILES string of the molecule is CCNC(CN(C)CC(C)CC)c1ccccc1C. The van der Waals surface area contributed by atoms with Gasteiger partial charge in [0.05, 0.1) is 0 Å². The van der Waals surface area contributed by atoms with Gasteiger partial charge in [-0.2, -0.15) is 0 Å². The van der Waals surface area contributed by atoms with Crippen LogP contribution in [0.2, 0.25) is 0 Å². The highest BCUT2D eigenvalue weighted by atomic mass is 15.1. The smallest absolute Gasteiger partial charge is 0.0451 e. The molecule has 0 aromatic heterocycles. The molecule has 0 aliphatic carbocycles. The number of rotatable bonds is 8. The summed E-state index contributed by atoms with van der Waals surface area (Å²) in [7, 11) is 2.23. The number of hydrogen-bond donors (Lipinski definition) is 1. The lowest BCUT2D eigenvalue weighted by atomic mass is 10.0. The van der Waals surface area contributed by atoms with Gasteiger partial charge in [-0.15, -0.1) is 0 Å². The van der Waals surface area contributed by atoms with Crippen molar-refractivity contribution in [3.63, 3.8) is 0 Å². The molecule has 108 valence electrons. The lowest BCUT2D eigenvalue weighted by Gasteiger charge is -2.27. The standard InChI is InChI=1S/C17H30N2/c1-6-14(3)12-19(5)13-17(18-7-2)16-11-9-8-10-15(16)4/h8-11,14,17-18H,6-7,12-13H2,1-5H3. The van der Waals surface area contributed by atoms with Crippen molar-refractivity contribution in [2.45, 2.75) is 40.2 Å². The largest absolute Gasteiger partial charge is 0.309 e. The number of likely N-dealkylation sites (N-methyl/N-ethyl adjacent to an activating group) is 2. The summed E-state index contributed by atoms with van der Waals surface area (Å²) in [5.74, 6) is 0.768. The van der Waals surface area contributed by atoms with E-state index in [4.69, 9.17) is 0 Å². The molecule has 1 rings (SSSR count). The Kier molecular flexibility index (Phi) is 7.11. The van der Waals surface area contributed by atoms with E-state index in [1.54, 1.807) is 0 Å². The molecule has 0 amide bonds. The maximum absolute atomic E-state index is 3.62. The van der Waals surface area contributed by atoms with Gasteiger partial charge in [-0.25, -0.2) is 0 Å². The topological polar surface area (TPSA) is 15.3 Å². The zero-order valence-corrected chi connectivity index (χ0v) is 13.2. The maximum atomic E-state index is 3.62. The van der Waals surface area contributed by atoms with E-state index < -0.39 is 0 Å². The van der Waals surface area contributed by atoms with Crippen LogP contribution < -0.4 is 5.32 Å². The molecule has 2 unspecified atom stereocenters. The van der Waals surface area contributed by atoms with Crippen LogP contribution in [0.5, 0.6) is 0 Å². The molecule has 0 bridgehead atoms. The van der Waals surface area contributed by atoms with Crippen molar-refractivity contribution in [1.29, 1.82) is 0 Å². The van der Waals surface area contributed by atoms with Gasteiger partial charge in [0.25, 0.3) is 0 Å². The van der Waals surface area contributed by atoms with E-state index in [-0.39, 0.29) is 0 Å². The monoisotopic (exact) mass is 262 g/mol. The third kappa shape index (κ3) is 5.33. The van der Waals surface area contributed by atoms with E-state index in [1.807, 2.05) is 0 Å². The molecule has 19 heavy (non-hydrogen) atoms. The maximum Gasteiger partial charge on any atom is 0.0451 e. The molecule has 2 heteroatoms. The summed E-state index contributed by atoms with van der Waals surface area (Å²) in [6, 6.07) is 9.14. The van der Waals surface area contributed by atoms with Crippen LogP contribution >= 0.6 is 0 Å². The van der Waals surface area contributed by atoms with Gasteiger partial charge in [0.1, 0.15) is 0 Å². The highest BCUT2D eigenvalue weighted by Gasteiger charge is 2.15. The van der Waals surface area contributed by atoms with Crippen LogP contribution in [0.4, 0.5) is 0 Å². The third-order valence-corrected chi connectivity index (χ3v) is 3.83. The van der Waals surface area contributed by atoms with Crippen LogP contribution in [0, 0.1) is 12.8 Å². The zero-order valence-electron chi connectivity index (χ0n) is 13.2. The van der Waals surface area contributed by atoms with Crippen LogP contribution in [0.1, 0.15) is 44.4 Å². The molecule has 2 nitrogen and oxygen atoms in total. The van der Waals surface area contributed by atoms with Gasteiger partial charge in [0, 0.05) is 19.1 Å². The van der Waals surface area contributed by atoms with Crippen LogP contribution in [-0.2, 0) is 0 Å². The number of aryl methyl sites for hydroxylation is 1. The summed E-state index contributed by atoms with van der Waals surface area (Å²) in [6.45, 7) is 12.2. The number of benzene rings is 1. The number of hydrogen-bond acceptors (Lipinski definition) is 2. The molecule has 0 radical (unpaired) electrons. The first-order chi connectivity index (χ1) is 9.08. The first-order valence-electron chi connectivity index (χ1n) is 7.55. The molecule has 0 spiro atoms. The first kappa shape index (κ1) is 16.2. The fraction of sp³-hybridized carbons (Fsp3) is 0.647. The summed E-state index contributed by atoms with van der Waals surface area (Å²) in [6.07, 6.45) is 1.25. The minimum atomic E-state index is 0.431. The van der Waals surface area contributed by atoms with Crippen molar-refractivity contribution in [1.82, 2.24) is 10.2 Å². The molecule has 0 fully saturated rings. The average molecular weight is 262 g/mol. The van der Waals surface area contributed by atoms with Crippen molar-refractivity contribution in [3.05, 3.63) is 35.4 Å². The highest BCUT2D eigenvalue weighted by molar-refractivity contribution is 5.29. The molecule has 0 heterocycles. The normalized spacial score (nSPS) is 14.6. The Labute approximate surface area is 119 Å². The van der Waals surface area contributed by atoms with Gasteiger partial charge < -0.3 is 10.2 Å². The Morgan fingerprint density at radius 2 is 1.84 bits per heavy atom. The molecule has 0 aliphatic heterocycles. The van der Waals surface area contributed by atoms with Gasteiger partial charge in [0.15, 0.2) is 0 Å². The summed E-state index contributed by atoms with van der Waals surface area (Å²) in [5.41, 5.74) is 2.81. The van der Waals surface area contributed by atoms with E-state index >= 15 is 0 Å². The summed E-state index contributed by atoms with van der Waals surface area (Å²) < 4.78 is 0. The molecule has 0 aliphatic rings. The lowest BCUT2D eigenvalue weighted by Crippen LogP contribution is -2.35. The van der Waals surface area contributed by atoms with Crippen molar-refractivity contribution in [3.8, 4) is 0 Å². The van der Waals surface area contributed by atoms with Crippen LogP contribution in [0.15, 0.2) is 24.3 Å². The average Bonchev–Trinajstić information content (AvgIpc) is 2.38. The van der Waals surface area contributed by atoms with Gasteiger partial charge in [-0.05, 0) is 37.6 Å². The van der Waals surface area contributed by atoms with Crippen molar-refractivity contribution in [2.24, 2.45) is 5.92 Å². The van der Waals surface area contributed by atoms with Crippen LogP contribution in [0.25, 0.3) is 0 Å². The zero-order chi connectivity index (χ0) is 14.3. The Hall–Kier alpha value is -0.860. The molecule has 2 atom stereocenters. The molecule has 1 aromatic carbocycles. The summed E-state index contributed by atoms with van der Waals surface area (Å²) in [4.78, 5) is 2.45. The van der Waals surface area contributed by atoms with E-state index in [0.29, 0.717) is 6.04 Å². The van der Waals surface area contributed by atoms with Crippen LogP contribution in [-0.4, -0.2) is 31.6 Å². The van der Waals surface area contributed by atoms with E-state index in [0.717, 1.165) is 19.0 Å². The summed E-state index contributed by atoms with van der Waals surface area (Å²) >= 11 is 0. The lowest BCUT2D eigenvalue weighted by molar-refractivity contribution is 0.253. The fourth-order valence-electron chi connectivity index (χ4n) is 2.54.